The molecule has 2 atom stereocenters. The van der Waals surface area contributed by atoms with E-state index in [1.54, 1.807) is 58.9 Å². The number of primary amides is 1. The zero-order valence-corrected chi connectivity index (χ0v) is 39.4. The average molecular weight is 945 g/mol. The maximum absolute atomic E-state index is 13.5. The quantitative estimate of drug-likeness (QED) is 0.0401. The molecule has 6 N–H and O–H groups in total. The van der Waals surface area contributed by atoms with E-state index < -0.39 is 53.6 Å². The Morgan fingerprint density at radius 2 is 1.39 bits per heavy atom. The van der Waals surface area contributed by atoms with Crippen LogP contribution in [0.25, 0.3) is 0 Å². The van der Waals surface area contributed by atoms with E-state index in [9.17, 15) is 38.4 Å². The second-order valence-electron chi connectivity index (χ2n) is 16.4. The number of nitrogens with zero attached hydrogens (tertiary/aromatic N) is 3. The molecule has 1 aromatic carbocycles. The molecule has 9 amide bonds. The van der Waals surface area contributed by atoms with Crippen molar-refractivity contribution in [2.45, 2.75) is 78.2 Å². The second kappa shape index (κ2) is 30.8. The molecular formula is C45H68N8O14. The lowest BCUT2D eigenvalue weighted by molar-refractivity contribution is -0.137. The third-order valence-electron chi connectivity index (χ3n) is 9.35. The van der Waals surface area contributed by atoms with Crippen LogP contribution in [0.4, 0.5) is 20.1 Å². The number of amides is 9. The topological polar surface area (TPSA) is 276 Å². The molecule has 1 aliphatic heterocycles. The molecule has 2 rings (SSSR count). The zero-order valence-electron chi connectivity index (χ0n) is 39.4. The first-order valence-electron chi connectivity index (χ1n) is 22.0. The van der Waals surface area contributed by atoms with Crippen LogP contribution < -0.4 is 27.0 Å². The highest BCUT2D eigenvalue weighted by Gasteiger charge is 2.29. The van der Waals surface area contributed by atoms with Gasteiger partial charge in [-0.25, -0.2) is 14.4 Å². The monoisotopic (exact) mass is 944 g/mol. The fourth-order valence-corrected chi connectivity index (χ4v) is 5.77. The first-order valence-corrected chi connectivity index (χ1v) is 22.0. The molecular weight excluding hydrogens is 877 g/mol. The molecule has 22 nitrogen and oxygen atoms in total. The van der Waals surface area contributed by atoms with Crippen LogP contribution >= 0.6 is 0 Å². The largest absolute Gasteiger partial charge is 0.445 e. The van der Waals surface area contributed by atoms with Crippen LogP contribution in [0.2, 0.25) is 0 Å². The number of nitrogens with two attached hydrogens (primary N) is 1. The summed E-state index contributed by atoms with van der Waals surface area (Å²) in [5.41, 5.74) is 5.47. The van der Waals surface area contributed by atoms with Crippen molar-refractivity contribution < 1.29 is 66.8 Å². The van der Waals surface area contributed by atoms with Gasteiger partial charge in [0.2, 0.25) is 17.7 Å². The number of likely N-dealkylation sites (N-methyl/N-ethyl adjacent to an activating group) is 1. The molecule has 0 unspecified atom stereocenters. The molecule has 1 aliphatic rings. The van der Waals surface area contributed by atoms with Gasteiger partial charge in [0.25, 0.3) is 11.8 Å². The van der Waals surface area contributed by atoms with Gasteiger partial charge >= 0.3 is 18.2 Å². The molecule has 0 radical (unpaired) electrons. The van der Waals surface area contributed by atoms with Crippen molar-refractivity contribution in [3.05, 3.63) is 42.0 Å². The highest BCUT2D eigenvalue weighted by Crippen LogP contribution is 2.14. The summed E-state index contributed by atoms with van der Waals surface area (Å²) in [6.45, 7) is 11.2. The summed E-state index contributed by atoms with van der Waals surface area (Å²) in [6, 6.07) is 3.72. The van der Waals surface area contributed by atoms with E-state index in [0.29, 0.717) is 31.1 Å². The number of terminal acetylenes is 1. The molecule has 67 heavy (non-hydrogen) atoms. The number of benzene rings is 1. The van der Waals surface area contributed by atoms with Gasteiger partial charge in [0.15, 0.2) is 0 Å². The van der Waals surface area contributed by atoms with Gasteiger partial charge in [0.05, 0.1) is 65.9 Å². The van der Waals surface area contributed by atoms with E-state index in [0.717, 1.165) is 4.90 Å². The number of ether oxygens (including phenoxy) is 6. The van der Waals surface area contributed by atoms with Crippen molar-refractivity contribution in [2.24, 2.45) is 11.7 Å². The van der Waals surface area contributed by atoms with E-state index in [-0.39, 0.29) is 109 Å². The number of nitrogens with one attached hydrogen (secondary N) is 4. The molecule has 0 bridgehead atoms. The minimum Gasteiger partial charge on any atom is -0.445 e. The van der Waals surface area contributed by atoms with E-state index in [4.69, 9.17) is 40.6 Å². The summed E-state index contributed by atoms with van der Waals surface area (Å²) in [5, 5.41) is 10.7. The van der Waals surface area contributed by atoms with Gasteiger partial charge in [0.1, 0.15) is 24.3 Å². The molecule has 0 aromatic heterocycles. The van der Waals surface area contributed by atoms with Crippen molar-refractivity contribution in [3.63, 3.8) is 0 Å². The molecule has 1 aromatic rings. The molecule has 0 saturated heterocycles. The first-order chi connectivity index (χ1) is 31.8. The zero-order chi connectivity index (χ0) is 49.8. The summed E-state index contributed by atoms with van der Waals surface area (Å²) in [5.74, 6) is -0.223. The number of carbonyl (C=O) groups is 8. The van der Waals surface area contributed by atoms with E-state index in [1.807, 2.05) is 0 Å². The summed E-state index contributed by atoms with van der Waals surface area (Å²) >= 11 is 0. The van der Waals surface area contributed by atoms with Crippen molar-refractivity contribution >= 4 is 53.4 Å². The van der Waals surface area contributed by atoms with Crippen LogP contribution in [0.3, 0.4) is 0 Å². The number of imide groups is 1. The average Bonchev–Trinajstić information content (AvgIpc) is 3.59. The summed E-state index contributed by atoms with van der Waals surface area (Å²) < 4.78 is 32.6. The lowest BCUT2D eigenvalue weighted by atomic mass is 10.0. The van der Waals surface area contributed by atoms with Gasteiger partial charge in [0, 0.05) is 50.9 Å². The third kappa shape index (κ3) is 24.2. The molecule has 22 heteroatoms. The van der Waals surface area contributed by atoms with Crippen molar-refractivity contribution in [1.29, 1.82) is 0 Å². The van der Waals surface area contributed by atoms with Crippen LogP contribution in [0, 0.1) is 18.3 Å². The van der Waals surface area contributed by atoms with E-state index in [1.165, 1.54) is 29.0 Å². The Morgan fingerprint density at radius 3 is 1.94 bits per heavy atom. The maximum Gasteiger partial charge on any atom is 0.411 e. The normalized spacial score (nSPS) is 13.1. The molecule has 0 spiro atoms. The van der Waals surface area contributed by atoms with Gasteiger partial charge in [-0.2, -0.15) is 0 Å². The van der Waals surface area contributed by atoms with Gasteiger partial charge in [-0.1, -0.05) is 31.9 Å². The second-order valence-corrected chi connectivity index (χ2v) is 16.4. The lowest BCUT2D eigenvalue weighted by Gasteiger charge is -2.27. The minimum atomic E-state index is -1.06. The molecule has 1 heterocycles. The summed E-state index contributed by atoms with van der Waals surface area (Å²) in [6.07, 6.45) is 6.99. The van der Waals surface area contributed by atoms with Crippen LogP contribution in [0.5, 0.6) is 0 Å². The van der Waals surface area contributed by atoms with Gasteiger partial charge in [-0.3, -0.25) is 33.8 Å². The Morgan fingerprint density at radius 1 is 0.806 bits per heavy atom. The Hall–Kier alpha value is -6.28. The number of urea groups is 1. The number of hydrogen-bond donors (Lipinski definition) is 5. The third-order valence-corrected chi connectivity index (χ3v) is 9.35. The maximum atomic E-state index is 13.5. The number of carbonyl (C=O) groups excluding carboxylic acids is 8. The Bertz CT molecular complexity index is 1830. The van der Waals surface area contributed by atoms with Gasteiger partial charge in [-0.05, 0) is 57.2 Å². The standard InChI is InChI=1S/C45H68N8O14/c1-8-19-52(44(61)67-45(4,5)6)21-20-51(7)43(60)66-31-33-11-13-34(14-12-33)48-40(57)35(10-9-18-47-42(46)59)49-41(58)39(32(2)3)50-36(54)17-23-62-25-27-64-29-30-65-28-26-63-24-22-53-37(55)15-16-38(53)56/h1,11-16,32,35,39H,9-10,17-31H2,2-7H3,(H,48,57)(H,49,58)(H,50,54)(H3,46,47,59)/t35-,39-/m0/s1. The van der Waals surface area contributed by atoms with E-state index >= 15 is 0 Å². The highest BCUT2D eigenvalue weighted by atomic mass is 16.6. The molecule has 0 aliphatic carbocycles. The Kier molecular flexibility index (Phi) is 26.2. The van der Waals surface area contributed by atoms with Crippen molar-refractivity contribution in [2.75, 3.05) is 97.9 Å². The SMILES string of the molecule is C#CCN(CCN(C)C(=O)OCc1ccc(NC(=O)[C@H](CCCNC(N)=O)NC(=O)[C@@H](NC(=O)CCOCCOCCOCCOCCN2C(=O)C=CC2=O)C(C)C)cc1)C(=O)OC(C)(C)C. The predicted octanol–water partition coefficient (Wildman–Crippen LogP) is 1.52. The summed E-state index contributed by atoms with van der Waals surface area (Å²) in [4.78, 5) is 103. The fraction of sp³-hybridized carbons (Fsp3) is 0.600. The number of rotatable bonds is 31. The van der Waals surface area contributed by atoms with Gasteiger partial charge < -0.3 is 60.3 Å². The predicted molar refractivity (Wildman–Crippen MR) is 244 cm³/mol. The Labute approximate surface area is 392 Å². The number of hydrogen-bond acceptors (Lipinski definition) is 14. The Balaban J connectivity index is 1.78. The van der Waals surface area contributed by atoms with Gasteiger partial charge in [-0.15, -0.1) is 6.42 Å². The van der Waals surface area contributed by atoms with E-state index in [2.05, 4.69) is 27.2 Å². The first kappa shape index (κ1) is 56.8. The number of anilines is 1. The van der Waals surface area contributed by atoms with Crippen LogP contribution in [-0.4, -0.2) is 173 Å². The minimum absolute atomic E-state index is 0.00429. The van der Waals surface area contributed by atoms with Crippen LogP contribution in [0.1, 0.15) is 59.4 Å². The van der Waals surface area contributed by atoms with Crippen LogP contribution in [-0.2, 0) is 59.0 Å². The van der Waals surface area contributed by atoms with Crippen molar-refractivity contribution in [1.82, 2.24) is 30.7 Å². The smallest absolute Gasteiger partial charge is 0.411 e. The molecule has 372 valence electrons. The fourth-order valence-electron chi connectivity index (χ4n) is 5.77. The summed E-state index contributed by atoms with van der Waals surface area (Å²) in [7, 11) is 1.52. The molecule has 0 saturated carbocycles. The van der Waals surface area contributed by atoms with Crippen LogP contribution in [0.15, 0.2) is 36.4 Å². The van der Waals surface area contributed by atoms with Crippen molar-refractivity contribution in [3.8, 4) is 12.3 Å². The molecule has 0 fully saturated rings. The highest BCUT2D eigenvalue weighted by molar-refractivity contribution is 6.12. The lowest BCUT2D eigenvalue weighted by Crippen LogP contribution is -2.54.